The van der Waals surface area contributed by atoms with Crippen molar-refractivity contribution in [2.24, 2.45) is 0 Å². The van der Waals surface area contributed by atoms with Gasteiger partial charge in [0.1, 0.15) is 0 Å². The lowest BCUT2D eigenvalue weighted by Crippen LogP contribution is -2.10. The molecule has 2 aromatic heterocycles. The molecular weight excluding hydrogens is 705 g/mol. The largest absolute Gasteiger partial charge is 0.310 e. The Hall–Kier alpha value is -5.68. The van der Waals surface area contributed by atoms with E-state index < -0.39 is 0 Å². The lowest BCUT2D eigenvalue weighted by molar-refractivity contribution is 1.18. The smallest absolute Gasteiger partial charge is 0.0562 e. The number of fused-ring (bicyclic) bond motifs is 7. The zero-order valence-electron chi connectivity index (χ0n) is 28.2. The van der Waals surface area contributed by atoms with Crippen LogP contribution in [0.3, 0.4) is 0 Å². The maximum atomic E-state index is 3.77. The Morgan fingerprint density at radius 2 is 1.29 bits per heavy atom. The molecular formula is C47H35BrN2S. The van der Waals surface area contributed by atoms with Crippen molar-refractivity contribution in [1.82, 2.24) is 4.57 Å². The lowest BCUT2D eigenvalue weighted by atomic mass is 10.0. The van der Waals surface area contributed by atoms with Crippen molar-refractivity contribution in [3.63, 3.8) is 0 Å². The third-order valence-electron chi connectivity index (χ3n) is 9.16. The van der Waals surface area contributed by atoms with Crippen molar-refractivity contribution in [2.75, 3.05) is 4.90 Å². The summed E-state index contributed by atoms with van der Waals surface area (Å²) < 4.78 is 6.15. The molecule has 0 aliphatic heterocycles. The fraction of sp³-hybridized carbons (Fsp3) is 0.0213. The van der Waals surface area contributed by atoms with E-state index in [0.717, 1.165) is 32.8 Å². The summed E-state index contributed by atoms with van der Waals surface area (Å²) in [5, 5.41) is 5.22. The Morgan fingerprint density at radius 3 is 2.06 bits per heavy atom. The Balaban J connectivity index is 0.000000702. The van der Waals surface area contributed by atoms with E-state index in [0.29, 0.717) is 0 Å². The van der Waals surface area contributed by atoms with Gasteiger partial charge in [0.25, 0.3) is 0 Å². The highest BCUT2D eigenvalue weighted by Gasteiger charge is 2.20. The van der Waals surface area contributed by atoms with Crippen LogP contribution in [0.5, 0.6) is 0 Å². The molecule has 2 nitrogen and oxygen atoms in total. The summed E-state index contributed by atoms with van der Waals surface area (Å²) in [7, 11) is 0. The molecule has 0 unspecified atom stereocenters. The first-order chi connectivity index (χ1) is 25.2. The highest BCUT2D eigenvalue weighted by Crippen LogP contribution is 2.45. The van der Waals surface area contributed by atoms with Crippen LogP contribution in [0.25, 0.3) is 58.8 Å². The van der Waals surface area contributed by atoms with E-state index in [1.807, 2.05) is 30.4 Å². The minimum absolute atomic E-state index is 1.08. The number of allylic oxidation sites excluding steroid dienone is 3. The average Bonchev–Trinajstić information content (AvgIpc) is 3.72. The van der Waals surface area contributed by atoms with Crippen LogP contribution in [-0.4, -0.2) is 4.57 Å². The molecule has 9 aromatic rings. The van der Waals surface area contributed by atoms with Gasteiger partial charge in [-0.25, -0.2) is 0 Å². The number of anilines is 3. The summed E-state index contributed by atoms with van der Waals surface area (Å²) in [5.41, 5.74) is 9.21. The molecule has 2 heterocycles. The van der Waals surface area contributed by atoms with E-state index in [1.165, 1.54) is 47.5 Å². The normalized spacial score (nSPS) is 11.3. The van der Waals surface area contributed by atoms with Crippen LogP contribution in [0.2, 0.25) is 0 Å². The number of halogens is 1. The van der Waals surface area contributed by atoms with Crippen molar-refractivity contribution in [3.05, 3.63) is 193 Å². The number of nitrogens with zero attached hydrogens (tertiary/aromatic N) is 2. The van der Waals surface area contributed by atoms with Gasteiger partial charge in [0.05, 0.1) is 11.0 Å². The van der Waals surface area contributed by atoms with E-state index in [2.05, 4.69) is 196 Å². The lowest BCUT2D eigenvalue weighted by Gasteiger charge is -2.26. The Morgan fingerprint density at radius 1 is 0.588 bits per heavy atom. The second kappa shape index (κ2) is 14.3. The summed E-state index contributed by atoms with van der Waals surface area (Å²) in [6.07, 6.45) is 5.58. The molecule has 0 atom stereocenters. The van der Waals surface area contributed by atoms with Crippen LogP contribution in [0.1, 0.15) is 6.92 Å². The molecule has 7 aromatic carbocycles. The number of thiophene rings is 1. The number of hydrogen-bond donors (Lipinski definition) is 0. The summed E-state index contributed by atoms with van der Waals surface area (Å²) >= 11 is 5.64. The van der Waals surface area contributed by atoms with Gasteiger partial charge in [-0.3, -0.25) is 0 Å². The highest BCUT2D eigenvalue weighted by molar-refractivity contribution is 9.10. The standard InChI is InChI=1S/C42H27BrN2S.C5H8/c43-36-20-9-7-18-33(36)28-12-11-17-31(26-28)44(29-13-3-1-4-14-29)32-22-23-34-38(27-32)45(30-15-5-2-6-16-30)37-24-25-40-42(41(34)37)35-19-8-10-21-39(35)46-40;1-3-5-4-2/h1-27H;3-5H,1H2,2H3/b;5-4-. The van der Waals surface area contributed by atoms with Gasteiger partial charge >= 0.3 is 0 Å². The van der Waals surface area contributed by atoms with Crippen molar-refractivity contribution < 1.29 is 0 Å². The average molecular weight is 740 g/mol. The highest BCUT2D eigenvalue weighted by atomic mass is 79.9. The van der Waals surface area contributed by atoms with Crippen molar-refractivity contribution in [3.8, 4) is 16.8 Å². The molecule has 0 radical (unpaired) electrons. The van der Waals surface area contributed by atoms with Gasteiger partial charge in [0.15, 0.2) is 0 Å². The first-order valence-corrected chi connectivity index (χ1v) is 18.6. The molecule has 0 aliphatic rings. The van der Waals surface area contributed by atoms with Crippen LogP contribution in [0, 0.1) is 0 Å². The fourth-order valence-corrected chi connectivity index (χ4v) is 8.60. The van der Waals surface area contributed by atoms with Crippen LogP contribution in [-0.2, 0) is 0 Å². The summed E-state index contributed by atoms with van der Waals surface area (Å²) in [5.74, 6) is 0. The predicted molar refractivity (Wildman–Crippen MR) is 226 cm³/mol. The first kappa shape index (κ1) is 32.5. The van der Waals surface area contributed by atoms with Crippen LogP contribution >= 0.6 is 27.3 Å². The van der Waals surface area contributed by atoms with Gasteiger partial charge < -0.3 is 9.47 Å². The maximum absolute atomic E-state index is 3.77. The molecule has 0 aliphatic carbocycles. The Kier molecular flexibility index (Phi) is 9.11. The van der Waals surface area contributed by atoms with Gasteiger partial charge in [0, 0.05) is 58.2 Å². The second-order valence-corrected chi connectivity index (χ2v) is 14.2. The molecule has 0 fully saturated rings. The van der Waals surface area contributed by atoms with Crippen molar-refractivity contribution in [2.45, 2.75) is 6.92 Å². The molecule has 51 heavy (non-hydrogen) atoms. The number of aromatic nitrogens is 1. The summed E-state index contributed by atoms with van der Waals surface area (Å²) in [6, 6.07) is 59.0. The van der Waals surface area contributed by atoms with E-state index in [4.69, 9.17) is 0 Å². The van der Waals surface area contributed by atoms with Crippen LogP contribution in [0.15, 0.2) is 193 Å². The van der Waals surface area contributed by atoms with Gasteiger partial charge in [-0.05, 0) is 90.8 Å². The SMILES string of the molecule is Brc1ccccc1-c1cccc(N(c2ccccc2)c2ccc3c4c5c(ccc4n(-c4ccccc4)c3c2)sc2ccccc25)c1.C=C/C=C\C. The topological polar surface area (TPSA) is 8.17 Å². The van der Waals surface area contributed by atoms with E-state index in [-0.39, 0.29) is 0 Å². The number of para-hydroxylation sites is 2. The molecule has 0 saturated heterocycles. The maximum Gasteiger partial charge on any atom is 0.0562 e. The molecule has 0 saturated carbocycles. The van der Waals surface area contributed by atoms with E-state index in [9.17, 15) is 0 Å². The van der Waals surface area contributed by atoms with Crippen LogP contribution < -0.4 is 4.90 Å². The van der Waals surface area contributed by atoms with E-state index >= 15 is 0 Å². The minimum atomic E-state index is 1.08. The molecule has 4 heteroatoms. The van der Waals surface area contributed by atoms with Crippen LogP contribution in [0.4, 0.5) is 17.1 Å². The van der Waals surface area contributed by atoms with Gasteiger partial charge in [-0.2, -0.15) is 0 Å². The van der Waals surface area contributed by atoms with Gasteiger partial charge in [-0.15, -0.1) is 11.3 Å². The molecule has 0 bridgehead atoms. The Bertz CT molecular complexity index is 2690. The zero-order valence-corrected chi connectivity index (χ0v) is 30.6. The summed E-state index contributed by atoms with van der Waals surface area (Å²) in [4.78, 5) is 2.36. The second-order valence-electron chi connectivity index (χ2n) is 12.3. The monoisotopic (exact) mass is 738 g/mol. The molecule has 9 rings (SSSR count). The fourth-order valence-electron chi connectivity index (χ4n) is 6.97. The molecule has 246 valence electrons. The predicted octanol–water partition coefficient (Wildman–Crippen LogP) is 14.8. The summed E-state index contributed by atoms with van der Waals surface area (Å²) in [6.45, 7) is 5.42. The Labute approximate surface area is 311 Å². The molecule has 0 amide bonds. The third-order valence-corrected chi connectivity index (χ3v) is 11.0. The van der Waals surface area contributed by atoms with E-state index in [1.54, 1.807) is 6.08 Å². The molecule has 0 N–H and O–H groups in total. The number of benzene rings is 7. The number of hydrogen-bond acceptors (Lipinski definition) is 2. The van der Waals surface area contributed by atoms with Gasteiger partial charge in [-0.1, -0.05) is 132 Å². The minimum Gasteiger partial charge on any atom is -0.310 e. The number of rotatable bonds is 6. The van der Waals surface area contributed by atoms with Gasteiger partial charge in [0.2, 0.25) is 0 Å². The van der Waals surface area contributed by atoms with Crippen molar-refractivity contribution >= 4 is 86.3 Å². The zero-order chi connectivity index (χ0) is 34.7. The first-order valence-electron chi connectivity index (χ1n) is 17.0. The quantitative estimate of drug-likeness (QED) is 0.154. The molecule has 0 spiro atoms. The third kappa shape index (κ3) is 6.07. The van der Waals surface area contributed by atoms with Crippen molar-refractivity contribution in [1.29, 1.82) is 0 Å².